The Kier molecular flexibility index (Phi) is 10.3. The Bertz CT molecular complexity index is 261. The lowest BCUT2D eigenvalue weighted by atomic mass is 9.69. The van der Waals surface area contributed by atoms with E-state index in [1.165, 1.54) is 32.1 Å². The third kappa shape index (κ3) is 6.95. The molecule has 120 valence electrons. The zero-order valence-corrected chi connectivity index (χ0v) is 15.5. The van der Waals surface area contributed by atoms with Crippen molar-refractivity contribution in [3.05, 3.63) is 11.6 Å². The highest BCUT2D eigenvalue weighted by Crippen LogP contribution is 2.39. The monoisotopic (exact) mass is 280 g/mol. The highest BCUT2D eigenvalue weighted by Gasteiger charge is 2.30. The second kappa shape index (κ2) is 10.5. The topological polar surface area (TPSA) is 0 Å². The average Bonchev–Trinajstić information content (AvgIpc) is 2.40. The predicted octanol–water partition coefficient (Wildman–Crippen LogP) is 7.10. The molecule has 0 spiro atoms. The van der Waals surface area contributed by atoms with E-state index in [1.54, 1.807) is 5.57 Å². The van der Waals surface area contributed by atoms with Gasteiger partial charge in [-0.05, 0) is 55.8 Å². The molecule has 0 aliphatic carbocycles. The molecule has 0 aromatic rings. The Labute approximate surface area is 129 Å². The second-order valence-electron chi connectivity index (χ2n) is 7.39. The lowest BCUT2D eigenvalue weighted by Crippen LogP contribution is -2.28. The first-order chi connectivity index (χ1) is 9.37. The van der Waals surface area contributed by atoms with Crippen molar-refractivity contribution in [2.45, 2.75) is 87.5 Å². The summed E-state index contributed by atoms with van der Waals surface area (Å²) in [5.41, 5.74) is 1.61. The highest BCUT2D eigenvalue weighted by molar-refractivity contribution is 5.00. The van der Waals surface area contributed by atoms with Crippen LogP contribution < -0.4 is 0 Å². The van der Waals surface area contributed by atoms with Crippen LogP contribution in [0.4, 0.5) is 0 Å². The molecule has 0 rings (SSSR count). The quantitative estimate of drug-likeness (QED) is 0.374. The van der Waals surface area contributed by atoms with Gasteiger partial charge in [0.05, 0.1) is 0 Å². The molecule has 0 aromatic heterocycles. The molecule has 0 fully saturated rings. The van der Waals surface area contributed by atoms with Gasteiger partial charge in [0.2, 0.25) is 0 Å². The van der Waals surface area contributed by atoms with E-state index >= 15 is 0 Å². The molecule has 0 bridgehead atoms. The summed E-state index contributed by atoms with van der Waals surface area (Å²) >= 11 is 0. The van der Waals surface area contributed by atoms with Crippen LogP contribution in [0.1, 0.15) is 87.5 Å². The van der Waals surface area contributed by atoms with Crippen LogP contribution in [-0.4, -0.2) is 0 Å². The van der Waals surface area contributed by atoms with Crippen LogP contribution in [0.5, 0.6) is 0 Å². The molecule has 20 heavy (non-hydrogen) atoms. The minimum atomic E-state index is 0.816. The first-order valence-corrected chi connectivity index (χ1v) is 9.02. The summed E-state index contributed by atoms with van der Waals surface area (Å²) in [5.74, 6) is 4.25. The lowest BCUT2D eigenvalue weighted by Gasteiger charge is -2.37. The molecule has 0 aliphatic rings. The van der Waals surface area contributed by atoms with Gasteiger partial charge < -0.3 is 0 Å². The van der Waals surface area contributed by atoms with Crippen LogP contribution in [-0.2, 0) is 0 Å². The third-order valence-electron chi connectivity index (χ3n) is 5.15. The molecule has 0 aromatic carbocycles. The van der Waals surface area contributed by atoms with E-state index in [0.717, 1.165) is 29.6 Å². The summed E-state index contributed by atoms with van der Waals surface area (Å²) in [6.45, 7) is 19.0. The fourth-order valence-electron chi connectivity index (χ4n) is 3.56. The largest absolute Gasteiger partial charge is 0.0859 e. The van der Waals surface area contributed by atoms with Gasteiger partial charge in [0.15, 0.2) is 0 Å². The fraction of sp³-hybridized carbons (Fsp3) is 0.900. The Morgan fingerprint density at radius 1 is 0.850 bits per heavy atom. The smallest absolute Gasteiger partial charge is 0.0289 e. The van der Waals surface area contributed by atoms with Crippen LogP contribution in [0.3, 0.4) is 0 Å². The van der Waals surface area contributed by atoms with E-state index in [2.05, 4.69) is 61.5 Å². The number of rotatable bonds is 10. The van der Waals surface area contributed by atoms with Crippen molar-refractivity contribution in [3.8, 4) is 0 Å². The summed E-state index contributed by atoms with van der Waals surface area (Å²) in [7, 11) is 0. The van der Waals surface area contributed by atoms with Crippen molar-refractivity contribution in [1.29, 1.82) is 0 Å². The normalized spacial score (nSPS) is 18.9. The average molecular weight is 281 g/mol. The minimum Gasteiger partial charge on any atom is -0.0859 e. The maximum Gasteiger partial charge on any atom is -0.0289 e. The van der Waals surface area contributed by atoms with Crippen molar-refractivity contribution in [3.63, 3.8) is 0 Å². The molecule has 0 aliphatic heterocycles. The Hall–Kier alpha value is -0.260. The van der Waals surface area contributed by atoms with Crippen LogP contribution in [0, 0.1) is 29.6 Å². The molecule has 0 saturated carbocycles. The standard InChI is InChI=1S/C20H40/c1-9-12-16(6)14-20(18(8)11-3)19(13-15(4)5)17(7)10-2/h12,15,17-20H,9-11,13-14H2,1-8H3. The SMILES string of the molecule is CCC=C(C)CC(C(C)CC)C(CC(C)C)C(C)CC. The molecule has 0 nitrogen and oxygen atoms in total. The first-order valence-electron chi connectivity index (χ1n) is 9.02. The zero-order chi connectivity index (χ0) is 15.7. The molecule has 4 atom stereocenters. The van der Waals surface area contributed by atoms with E-state index in [4.69, 9.17) is 0 Å². The van der Waals surface area contributed by atoms with Gasteiger partial charge in [-0.1, -0.05) is 73.0 Å². The van der Waals surface area contributed by atoms with Crippen molar-refractivity contribution < 1.29 is 0 Å². The molecule has 4 unspecified atom stereocenters. The van der Waals surface area contributed by atoms with Crippen LogP contribution in [0.2, 0.25) is 0 Å². The van der Waals surface area contributed by atoms with Crippen molar-refractivity contribution >= 4 is 0 Å². The zero-order valence-electron chi connectivity index (χ0n) is 15.5. The van der Waals surface area contributed by atoms with Gasteiger partial charge in [-0.15, -0.1) is 0 Å². The van der Waals surface area contributed by atoms with E-state index < -0.39 is 0 Å². The molecule has 0 radical (unpaired) electrons. The number of allylic oxidation sites excluding steroid dienone is 2. The number of hydrogen-bond donors (Lipinski definition) is 0. The Morgan fingerprint density at radius 3 is 1.75 bits per heavy atom. The van der Waals surface area contributed by atoms with E-state index in [9.17, 15) is 0 Å². The molecule has 0 heteroatoms. The molecule has 0 N–H and O–H groups in total. The molecular weight excluding hydrogens is 240 g/mol. The second-order valence-corrected chi connectivity index (χ2v) is 7.39. The van der Waals surface area contributed by atoms with Crippen molar-refractivity contribution in [2.75, 3.05) is 0 Å². The van der Waals surface area contributed by atoms with Crippen LogP contribution in [0.15, 0.2) is 11.6 Å². The fourth-order valence-corrected chi connectivity index (χ4v) is 3.56. The molecule has 0 amide bonds. The maximum atomic E-state index is 2.47. The van der Waals surface area contributed by atoms with Gasteiger partial charge in [-0.25, -0.2) is 0 Å². The molecular formula is C20H40. The summed E-state index contributed by atoms with van der Waals surface area (Å²) < 4.78 is 0. The Morgan fingerprint density at radius 2 is 1.35 bits per heavy atom. The minimum absolute atomic E-state index is 0.816. The van der Waals surface area contributed by atoms with Gasteiger partial charge in [0.25, 0.3) is 0 Å². The lowest BCUT2D eigenvalue weighted by molar-refractivity contribution is 0.143. The van der Waals surface area contributed by atoms with E-state index in [0.29, 0.717) is 0 Å². The highest BCUT2D eigenvalue weighted by atomic mass is 14.3. The van der Waals surface area contributed by atoms with Crippen LogP contribution in [0.25, 0.3) is 0 Å². The predicted molar refractivity (Wildman–Crippen MR) is 94.0 cm³/mol. The maximum absolute atomic E-state index is 2.47. The first kappa shape index (κ1) is 19.7. The van der Waals surface area contributed by atoms with Crippen molar-refractivity contribution in [2.24, 2.45) is 29.6 Å². The third-order valence-corrected chi connectivity index (χ3v) is 5.15. The summed E-state index contributed by atoms with van der Waals surface area (Å²) in [6.07, 6.45) is 8.94. The van der Waals surface area contributed by atoms with E-state index in [-0.39, 0.29) is 0 Å². The molecule has 0 heterocycles. The van der Waals surface area contributed by atoms with Crippen molar-refractivity contribution in [1.82, 2.24) is 0 Å². The summed E-state index contributed by atoms with van der Waals surface area (Å²) in [5, 5.41) is 0. The van der Waals surface area contributed by atoms with Gasteiger partial charge >= 0.3 is 0 Å². The molecule has 0 saturated heterocycles. The Balaban J connectivity index is 5.14. The van der Waals surface area contributed by atoms with E-state index in [1.807, 2.05) is 0 Å². The van der Waals surface area contributed by atoms with Gasteiger partial charge in [0, 0.05) is 0 Å². The van der Waals surface area contributed by atoms with Crippen LogP contribution >= 0.6 is 0 Å². The van der Waals surface area contributed by atoms with Gasteiger partial charge in [-0.3, -0.25) is 0 Å². The van der Waals surface area contributed by atoms with Gasteiger partial charge in [-0.2, -0.15) is 0 Å². The van der Waals surface area contributed by atoms with Gasteiger partial charge in [0.1, 0.15) is 0 Å². The number of hydrogen-bond acceptors (Lipinski definition) is 0. The summed E-state index contributed by atoms with van der Waals surface area (Å²) in [4.78, 5) is 0. The summed E-state index contributed by atoms with van der Waals surface area (Å²) in [6, 6.07) is 0.